The van der Waals surface area contributed by atoms with Crippen molar-refractivity contribution in [3.63, 3.8) is 0 Å². The highest BCUT2D eigenvalue weighted by Gasteiger charge is 2.29. The lowest BCUT2D eigenvalue weighted by molar-refractivity contribution is 0.0722. The Morgan fingerprint density at radius 1 is 1.45 bits per heavy atom. The van der Waals surface area contributed by atoms with Crippen molar-refractivity contribution in [3.05, 3.63) is 40.3 Å². The van der Waals surface area contributed by atoms with Gasteiger partial charge in [-0.15, -0.1) is 0 Å². The molecule has 1 fully saturated rings. The smallest absolute Gasteiger partial charge is 0.235 e. The molecule has 0 aliphatic carbocycles. The fourth-order valence-electron chi connectivity index (χ4n) is 2.51. The molecule has 0 spiro atoms. The second-order valence-electron chi connectivity index (χ2n) is 4.92. The zero-order chi connectivity index (χ0) is 16.2. The number of halogens is 1. The first-order valence-corrected chi connectivity index (χ1v) is 8.37. The number of hydrogen-bond acceptors (Lipinski definition) is 4. The van der Waals surface area contributed by atoms with E-state index in [1.165, 1.54) is 11.4 Å². The van der Waals surface area contributed by atoms with Crippen LogP contribution in [-0.4, -0.2) is 40.5 Å². The van der Waals surface area contributed by atoms with Crippen LogP contribution in [0.25, 0.3) is 10.4 Å². The minimum absolute atomic E-state index is 0.149. The van der Waals surface area contributed by atoms with Crippen molar-refractivity contribution in [2.24, 2.45) is 5.11 Å². The van der Waals surface area contributed by atoms with Gasteiger partial charge in [-0.1, -0.05) is 17.2 Å². The second-order valence-corrected chi connectivity index (χ2v) is 6.93. The summed E-state index contributed by atoms with van der Waals surface area (Å²) in [6.07, 6.45) is -0.115. The number of azide groups is 1. The van der Waals surface area contributed by atoms with Crippen LogP contribution >= 0.6 is 0 Å². The Bertz CT molecular complexity index is 658. The fourth-order valence-corrected chi connectivity index (χ4v) is 4.08. The Hall–Kier alpha value is -1.83. The first-order valence-electron chi connectivity index (χ1n) is 6.77. The zero-order valence-electron chi connectivity index (χ0n) is 12.1. The van der Waals surface area contributed by atoms with E-state index >= 15 is 0 Å². The molecule has 9 heteroatoms. The van der Waals surface area contributed by atoms with Crippen molar-refractivity contribution in [2.75, 3.05) is 30.4 Å². The lowest BCUT2D eigenvalue weighted by Gasteiger charge is -2.22. The molecule has 120 valence electrons. The van der Waals surface area contributed by atoms with Crippen LogP contribution in [-0.2, 0) is 14.8 Å². The highest BCUT2D eigenvalue weighted by Crippen LogP contribution is 2.28. The number of rotatable bonds is 6. The average Bonchev–Trinajstić information content (AvgIpc) is 2.87. The summed E-state index contributed by atoms with van der Waals surface area (Å²) in [5.74, 6) is 0.149. The molecule has 2 rings (SSSR count). The van der Waals surface area contributed by atoms with Gasteiger partial charge < -0.3 is 4.74 Å². The molecule has 1 aliphatic heterocycles. The van der Waals surface area contributed by atoms with Crippen molar-refractivity contribution in [2.45, 2.75) is 18.6 Å². The van der Waals surface area contributed by atoms with Crippen molar-refractivity contribution in [3.8, 4) is 0 Å². The number of methoxy groups -OCH3 is 1. The van der Waals surface area contributed by atoms with Gasteiger partial charge in [0.1, 0.15) is 6.67 Å². The van der Waals surface area contributed by atoms with E-state index in [-0.39, 0.29) is 5.75 Å². The number of nitrogens with zero attached hydrogens (tertiary/aromatic N) is 4. The molecule has 0 N–H and O–H groups in total. The molecule has 2 atom stereocenters. The molecule has 7 nitrogen and oxygen atoms in total. The molecule has 0 bridgehead atoms. The third kappa shape index (κ3) is 3.32. The number of alkyl halides is 1. The van der Waals surface area contributed by atoms with E-state index in [9.17, 15) is 12.8 Å². The molecule has 0 saturated carbocycles. The van der Waals surface area contributed by atoms with Gasteiger partial charge in [-0.3, -0.25) is 8.70 Å². The molecular weight excluding hydrogens is 311 g/mol. The summed E-state index contributed by atoms with van der Waals surface area (Å²) in [4.78, 5) is 2.62. The summed E-state index contributed by atoms with van der Waals surface area (Å²) >= 11 is 0. The standard InChI is InChI=1S/C13H17FN4O3S/c1-21-13(12(9-14)16-17-15)10-3-5-11(6-4-10)18-7-2-8-22(18,19)20/h3-6,12-13H,2,7-9H2,1H3/t12-,13-/m1/s1. The van der Waals surface area contributed by atoms with Crippen molar-refractivity contribution >= 4 is 15.7 Å². The Morgan fingerprint density at radius 2 is 2.14 bits per heavy atom. The number of anilines is 1. The molecule has 0 amide bonds. The van der Waals surface area contributed by atoms with Gasteiger partial charge in [0.25, 0.3) is 0 Å². The van der Waals surface area contributed by atoms with Gasteiger partial charge >= 0.3 is 0 Å². The Morgan fingerprint density at radius 3 is 2.59 bits per heavy atom. The van der Waals surface area contributed by atoms with E-state index in [1.54, 1.807) is 24.3 Å². The molecule has 1 heterocycles. The highest BCUT2D eigenvalue weighted by atomic mass is 32.2. The molecular formula is C13H17FN4O3S. The van der Waals surface area contributed by atoms with Crippen molar-refractivity contribution in [1.82, 2.24) is 0 Å². The molecule has 1 aromatic carbocycles. The van der Waals surface area contributed by atoms with E-state index < -0.39 is 28.8 Å². The van der Waals surface area contributed by atoms with E-state index in [2.05, 4.69) is 10.0 Å². The van der Waals surface area contributed by atoms with E-state index in [4.69, 9.17) is 10.3 Å². The Balaban J connectivity index is 2.25. The number of sulfonamides is 1. The van der Waals surface area contributed by atoms with Gasteiger partial charge in [-0.25, -0.2) is 8.42 Å². The minimum atomic E-state index is -3.23. The SMILES string of the molecule is CO[C@H](c1ccc(N2CCCS2(=O)=O)cc1)[C@@H](CF)N=[N+]=[N-]. The topological polar surface area (TPSA) is 95.4 Å². The van der Waals surface area contributed by atoms with Gasteiger partial charge in [-0.2, -0.15) is 0 Å². The van der Waals surface area contributed by atoms with Gasteiger partial charge in [0.05, 0.1) is 23.6 Å². The lowest BCUT2D eigenvalue weighted by atomic mass is 10.0. The first-order chi connectivity index (χ1) is 10.5. The third-order valence-electron chi connectivity index (χ3n) is 3.57. The molecule has 0 aromatic heterocycles. The van der Waals surface area contributed by atoms with Crippen LogP contribution < -0.4 is 4.31 Å². The zero-order valence-corrected chi connectivity index (χ0v) is 12.9. The Labute approximate surface area is 128 Å². The molecule has 0 radical (unpaired) electrons. The number of ether oxygens (including phenoxy) is 1. The molecule has 1 saturated heterocycles. The van der Waals surface area contributed by atoms with Gasteiger partial charge in [0.15, 0.2) is 0 Å². The monoisotopic (exact) mass is 328 g/mol. The molecule has 0 unspecified atom stereocenters. The largest absolute Gasteiger partial charge is 0.376 e. The van der Waals surface area contributed by atoms with E-state index in [1.807, 2.05) is 0 Å². The van der Waals surface area contributed by atoms with Crippen LogP contribution in [0.4, 0.5) is 10.1 Å². The number of hydrogen-bond donors (Lipinski definition) is 0. The van der Waals surface area contributed by atoms with Crippen LogP contribution in [0.1, 0.15) is 18.1 Å². The Kier molecular flexibility index (Phi) is 5.23. The third-order valence-corrected chi connectivity index (χ3v) is 5.44. The maximum Gasteiger partial charge on any atom is 0.235 e. The fraction of sp³-hybridized carbons (Fsp3) is 0.538. The summed E-state index contributed by atoms with van der Waals surface area (Å²) in [7, 11) is -1.83. The number of benzene rings is 1. The van der Waals surface area contributed by atoms with Crippen LogP contribution in [0.5, 0.6) is 0 Å². The summed E-state index contributed by atoms with van der Waals surface area (Å²) in [6, 6.07) is 5.65. The van der Waals surface area contributed by atoms with Crippen LogP contribution in [0.15, 0.2) is 29.4 Å². The van der Waals surface area contributed by atoms with Crippen molar-refractivity contribution in [1.29, 1.82) is 0 Å². The summed E-state index contributed by atoms with van der Waals surface area (Å²) in [5.41, 5.74) is 9.66. The summed E-state index contributed by atoms with van der Waals surface area (Å²) in [5, 5.41) is 3.39. The predicted molar refractivity (Wildman–Crippen MR) is 80.9 cm³/mol. The van der Waals surface area contributed by atoms with Gasteiger partial charge in [0.2, 0.25) is 10.0 Å². The van der Waals surface area contributed by atoms with Crippen molar-refractivity contribution < 1.29 is 17.5 Å². The maximum atomic E-state index is 13.0. The van der Waals surface area contributed by atoms with Gasteiger partial charge in [0, 0.05) is 18.6 Å². The van der Waals surface area contributed by atoms with E-state index in [0.29, 0.717) is 24.2 Å². The minimum Gasteiger partial charge on any atom is -0.376 e. The molecule has 1 aliphatic rings. The van der Waals surface area contributed by atoms with Gasteiger partial charge in [-0.05, 0) is 29.6 Å². The maximum absolute atomic E-state index is 13.0. The average molecular weight is 328 g/mol. The van der Waals surface area contributed by atoms with E-state index in [0.717, 1.165) is 0 Å². The summed E-state index contributed by atoms with van der Waals surface area (Å²) < 4.78 is 43.3. The summed E-state index contributed by atoms with van der Waals surface area (Å²) in [6.45, 7) is -0.383. The van der Waals surface area contributed by atoms with Crippen LogP contribution in [0.2, 0.25) is 0 Å². The molecule has 22 heavy (non-hydrogen) atoms. The normalized spacial score (nSPS) is 19.5. The first kappa shape index (κ1) is 16.5. The highest BCUT2D eigenvalue weighted by molar-refractivity contribution is 7.93. The second kappa shape index (κ2) is 6.95. The van der Waals surface area contributed by atoms with Crippen LogP contribution in [0, 0.1) is 0 Å². The predicted octanol–water partition coefficient (Wildman–Crippen LogP) is 2.56. The lowest BCUT2D eigenvalue weighted by Crippen LogP contribution is -2.25. The molecule has 1 aromatic rings. The quantitative estimate of drug-likeness (QED) is 0.456. The van der Waals surface area contributed by atoms with Crippen LogP contribution in [0.3, 0.4) is 0 Å².